The molecule has 0 saturated heterocycles. The number of pyridine rings is 1. The van der Waals surface area contributed by atoms with Gasteiger partial charge in [0.25, 0.3) is 0 Å². The van der Waals surface area contributed by atoms with Crippen molar-refractivity contribution in [1.29, 1.82) is 0 Å². The zero-order chi connectivity index (χ0) is 12.9. The molecule has 0 atom stereocenters. The van der Waals surface area contributed by atoms with Crippen LogP contribution in [0.3, 0.4) is 0 Å². The number of hydrogen-bond acceptors (Lipinski definition) is 3. The van der Waals surface area contributed by atoms with Gasteiger partial charge in [-0.25, -0.2) is 0 Å². The second-order valence-electron chi connectivity index (χ2n) is 5.01. The van der Waals surface area contributed by atoms with Crippen molar-refractivity contribution in [3.63, 3.8) is 0 Å². The maximum absolute atomic E-state index is 4.38. The molecule has 96 valence electrons. The van der Waals surface area contributed by atoms with Crippen LogP contribution in [0.2, 0.25) is 0 Å². The summed E-state index contributed by atoms with van der Waals surface area (Å²) in [6, 6.07) is 4.24. The standard InChI is InChI=1S/C14H25N3/c1-6-14(3,4)17(5)13-8-9-16-12(10-13)11-15-7-2/h8-10,15H,6-7,11H2,1-5H3. The minimum Gasteiger partial charge on any atom is -0.369 e. The first-order valence-electron chi connectivity index (χ1n) is 6.40. The van der Waals surface area contributed by atoms with E-state index in [1.165, 1.54) is 5.69 Å². The van der Waals surface area contributed by atoms with Crippen LogP contribution >= 0.6 is 0 Å². The Kier molecular flexibility index (Phi) is 4.94. The zero-order valence-corrected chi connectivity index (χ0v) is 11.7. The minimum absolute atomic E-state index is 0.177. The highest BCUT2D eigenvalue weighted by Crippen LogP contribution is 2.24. The smallest absolute Gasteiger partial charge is 0.0562 e. The summed E-state index contributed by atoms with van der Waals surface area (Å²) in [6.07, 6.45) is 3.01. The van der Waals surface area contributed by atoms with Crippen molar-refractivity contribution in [1.82, 2.24) is 10.3 Å². The fourth-order valence-corrected chi connectivity index (χ4v) is 1.61. The molecule has 1 heterocycles. The number of nitrogens with zero attached hydrogens (tertiary/aromatic N) is 2. The Balaban J connectivity index is 2.84. The van der Waals surface area contributed by atoms with E-state index < -0.39 is 0 Å². The van der Waals surface area contributed by atoms with E-state index in [4.69, 9.17) is 0 Å². The van der Waals surface area contributed by atoms with Gasteiger partial charge in [-0.15, -0.1) is 0 Å². The van der Waals surface area contributed by atoms with E-state index in [0.717, 1.165) is 25.2 Å². The van der Waals surface area contributed by atoms with Crippen LogP contribution in [0.25, 0.3) is 0 Å². The van der Waals surface area contributed by atoms with E-state index in [0.29, 0.717) is 0 Å². The van der Waals surface area contributed by atoms with Gasteiger partial charge in [0.15, 0.2) is 0 Å². The monoisotopic (exact) mass is 235 g/mol. The molecule has 0 amide bonds. The Labute approximate surface area is 105 Å². The summed E-state index contributed by atoms with van der Waals surface area (Å²) in [6.45, 7) is 10.7. The van der Waals surface area contributed by atoms with Crippen LogP contribution in [0, 0.1) is 0 Å². The van der Waals surface area contributed by atoms with Gasteiger partial charge in [0.1, 0.15) is 0 Å². The largest absolute Gasteiger partial charge is 0.369 e. The summed E-state index contributed by atoms with van der Waals surface area (Å²) < 4.78 is 0. The van der Waals surface area contributed by atoms with E-state index >= 15 is 0 Å². The topological polar surface area (TPSA) is 28.2 Å². The van der Waals surface area contributed by atoms with Crippen molar-refractivity contribution in [2.45, 2.75) is 46.2 Å². The predicted molar refractivity (Wildman–Crippen MR) is 74.4 cm³/mol. The molecule has 1 N–H and O–H groups in total. The van der Waals surface area contributed by atoms with E-state index in [1.54, 1.807) is 0 Å². The molecule has 0 unspecified atom stereocenters. The predicted octanol–water partition coefficient (Wildman–Crippen LogP) is 2.82. The normalized spacial score (nSPS) is 11.6. The summed E-state index contributed by atoms with van der Waals surface area (Å²) in [5.41, 5.74) is 2.51. The summed E-state index contributed by atoms with van der Waals surface area (Å²) in [5.74, 6) is 0. The molecule has 0 aliphatic rings. The van der Waals surface area contributed by atoms with Crippen LogP contribution in [0.1, 0.15) is 39.8 Å². The molecule has 0 spiro atoms. The molecule has 0 fully saturated rings. The van der Waals surface area contributed by atoms with Crippen molar-refractivity contribution >= 4 is 5.69 Å². The van der Waals surface area contributed by atoms with Gasteiger partial charge in [-0.05, 0) is 38.9 Å². The second-order valence-corrected chi connectivity index (χ2v) is 5.01. The van der Waals surface area contributed by atoms with Crippen LogP contribution in [0.4, 0.5) is 5.69 Å². The van der Waals surface area contributed by atoms with Crippen molar-refractivity contribution in [2.75, 3.05) is 18.5 Å². The lowest BCUT2D eigenvalue weighted by atomic mass is 9.99. The lowest BCUT2D eigenvalue weighted by Crippen LogP contribution is -2.40. The van der Waals surface area contributed by atoms with E-state index in [1.807, 2.05) is 6.20 Å². The van der Waals surface area contributed by atoms with Crippen molar-refractivity contribution in [3.8, 4) is 0 Å². The number of nitrogens with one attached hydrogen (secondary N) is 1. The maximum Gasteiger partial charge on any atom is 0.0562 e. The molecule has 1 rings (SSSR count). The number of hydrogen-bond donors (Lipinski definition) is 1. The summed E-state index contributed by atoms with van der Waals surface area (Å²) in [4.78, 5) is 6.70. The Morgan fingerprint density at radius 1 is 1.35 bits per heavy atom. The van der Waals surface area contributed by atoms with Gasteiger partial charge < -0.3 is 10.2 Å². The Morgan fingerprint density at radius 3 is 2.65 bits per heavy atom. The molecule has 0 saturated carbocycles. The molecule has 0 aromatic carbocycles. The first kappa shape index (κ1) is 14.0. The van der Waals surface area contributed by atoms with Gasteiger partial charge in [0, 0.05) is 31.0 Å². The molecular weight excluding hydrogens is 210 g/mol. The van der Waals surface area contributed by atoms with Crippen LogP contribution in [0.5, 0.6) is 0 Å². The van der Waals surface area contributed by atoms with Gasteiger partial charge in [0.05, 0.1) is 5.69 Å². The zero-order valence-electron chi connectivity index (χ0n) is 11.7. The van der Waals surface area contributed by atoms with Crippen LogP contribution in [0.15, 0.2) is 18.3 Å². The SMILES string of the molecule is CCNCc1cc(N(C)C(C)(C)CC)ccn1. The fourth-order valence-electron chi connectivity index (χ4n) is 1.61. The average molecular weight is 235 g/mol. The molecule has 0 aliphatic heterocycles. The van der Waals surface area contributed by atoms with Crippen LogP contribution < -0.4 is 10.2 Å². The van der Waals surface area contributed by atoms with Gasteiger partial charge in [-0.3, -0.25) is 4.98 Å². The van der Waals surface area contributed by atoms with Crippen molar-refractivity contribution in [2.24, 2.45) is 0 Å². The average Bonchev–Trinajstić information content (AvgIpc) is 2.35. The van der Waals surface area contributed by atoms with Gasteiger partial charge in [-0.1, -0.05) is 13.8 Å². The summed E-state index contributed by atoms with van der Waals surface area (Å²) >= 11 is 0. The molecule has 1 aromatic rings. The minimum atomic E-state index is 0.177. The van der Waals surface area contributed by atoms with Crippen LogP contribution in [-0.2, 0) is 6.54 Å². The first-order valence-corrected chi connectivity index (χ1v) is 6.40. The molecule has 3 nitrogen and oxygen atoms in total. The highest BCUT2D eigenvalue weighted by molar-refractivity contribution is 5.48. The van der Waals surface area contributed by atoms with Gasteiger partial charge in [-0.2, -0.15) is 0 Å². The Morgan fingerprint density at radius 2 is 2.06 bits per heavy atom. The maximum atomic E-state index is 4.38. The Hall–Kier alpha value is -1.09. The molecule has 1 aromatic heterocycles. The first-order chi connectivity index (χ1) is 8.01. The molecule has 0 aliphatic carbocycles. The van der Waals surface area contributed by atoms with Crippen LogP contribution in [-0.4, -0.2) is 24.1 Å². The highest BCUT2D eigenvalue weighted by atomic mass is 15.2. The Bertz CT molecular complexity index is 347. The molecule has 3 heteroatoms. The number of rotatable bonds is 6. The highest BCUT2D eigenvalue weighted by Gasteiger charge is 2.21. The van der Waals surface area contributed by atoms with Crippen molar-refractivity contribution < 1.29 is 0 Å². The molecule has 0 bridgehead atoms. The number of aromatic nitrogens is 1. The lowest BCUT2D eigenvalue weighted by molar-refractivity contribution is 0.470. The summed E-state index contributed by atoms with van der Waals surface area (Å²) in [7, 11) is 2.15. The van der Waals surface area contributed by atoms with Gasteiger partial charge in [0.2, 0.25) is 0 Å². The quantitative estimate of drug-likeness (QED) is 0.822. The number of anilines is 1. The van der Waals surface area contributed by atoms with E-state index in [2.05, 4.69) is 62.1 Å². The van der Waals surface area contributed by atoms with E-state index in [-0.39, 0.29) is 5.54 Å². The second kappa shape index (κ2) is 6.01. The van der Waals surface area contributed by atoms with E-state index in [9.17, 15) is 0 Å². The molecule has 17 heavy (non-hydrogen) atoms. The van der Waals surface area contributed by atoms with Gasteiger partial charge >= 0.3 is 0 Å². The molecular formula is C14H25N3. The van der Waals surface area contributed by atoms with Crippen molar-refractivity contribution in [3.05, 3.63) is 24.0 Å². The lowest BCUT2D eigenvalue weighted by Gasteiger charge is -2.36. The summed E-state index contributed by atoms with van der Waals surface area (Å²) in [5, 5.41) is 3.30. The third-order valence-corrected chi connectivity index (χ3v) is 3.52. The molecule has 0 radical (unpaired) electrons. The third kappa shape index (κ3) is 3.70. The third-order valence-electron chi connectivity index (χ3n) is 3.52. The fraction of sp³-hybridized carbons (Fsp3) is 0.643.